The van der Waals surface area contributed by atoms with Gasteiger partial charge in [0.15, 0.2) is 11.5 Å². The smallest absolute Gasteiger partial charge is 0.307 e. The van der Waals surface area contributed by atoms with Crippen molar-refractivity contribution in [1.29, 1.82) is 0 Å². The van der Waals surface area contributed by atoms with E-state index < -0.39 is 11.9 Å². The summed E-state index contributed by atoms with van der Waals surface area (Å²) in [4.78, 5) is 11.8. The highest BCUT2D eigenvalue weighted by Gasteiger charge is 2.38. The Balaban J connectivity index is 2.19. The fourth-order valence-corrected chi connectivity index (χ4v) is 2.43. The molecule has 3 heterocycles. The molecule has 2 aromatic rings. The van der Waals surface area contributed by atoms with E-state index in [4.69, 9.17) is 0 Å². The van der Waals surface area contributed by atoms with Crippen molar-refractivity contribution in [2.45, 2.75) is 19.3 Å². The van der Waals surface area contributed by atoms with Crippen molar-refractivity contribution < 1.29 is 13.2 Å². The highest BCUT2D eigenvalue weighted by atomic mass is 79.9. The molecule has 0 spiro atoms. The Hall–Kier alpha value is -1.54. The lowest BCUT2D eigenvalue weighted by Gasteiger charge is -2.12. The van der Waals surface area contributed by atoms with Gasteiger partial charge in [-0.2, -0.15) is 13.2 Å². The number of alkyl halides is 3. The molecule has 3 rings (SSSR count). The molecule has 0 unspecified atom stereocenters. The van der Waals surface area contributed by atoms with E-state index in [0.29, 0.717) is 22.3 Å². The number of hydrogen-bond donors (Lipinski definition) is 1. The predicted molar refractivity (Wildman–Crippen MR) is 68.5 cm³/mol. The van der Waals surface area contributed by atoms with E-state index in [1.165, 1.54) is 6.20 Å². The van der Waals surface area contributed by atoms with Crippen LogP contribution in [-0.2, 0) is 19.3 Å². The quantitative estimate of drug-likeness (QED) is 0.864. The van der Waals surface area contributed by atoms with E-state index in [2.05, 4.69) is 36.2 Å². The van der Waals surface area contributed by atoms with Gasteiger partial charge in [-0.25, -0.2) is 9.97 Å². The van der Waals surface area contributed by atoms with Crippen LogP contribution >= 0.6 is 15.9 Å². The molecule has 4 nitrogen and oxygen atoms in total. The van der Waals surface area contributed by atoms with Crippen molar-refractivity contribution in [2.75, 3.05) is 0 Å². The number of nitrogens with zero attached hydrogens (tertiary/aromatic N) is 3. The maximum atomic E-state index is 13.1. The van der Waals surface area contributed by atoms with Crippen LogP contribution in [0.5, 0.6) is 0 Å². The highest BCUT2D eigenvalue weighted by molar-refractivity contribution is 9.10. The van der Waals surface area contributed by atoms with Crippen molar-refractivity contribution >= 4 is 15.9 Å². The van der Waals surface area contributed by atoms with Crippen LogP contribution in [0, 0.1) is 0 Å². The Morgan fingerprint density at radius 2 is 1.95 bits per heavy atom. The maximum absolute atomic E-state index is 13.1. The minimum atomic E-state index is -4.49. The number of rotatable bonds is 1. The molecule has 0 bridgehead atoms. The summed E-state index contributed by atoms with van der Waals surface area (Å²) in [5.41, 5.74) is 0.0913. The SMILES string of the molecule is FC(F)(F)c1nc(-c2cncc(Br)c2)nc2c1CNC2. The molecule has 1 N–H and O–H groups in total. The third-order valence-corrected chi connectivity index (χ3v) is 3.35. The molecule has 0 radical (unpaired) electrons. The van der Waals surface area contributed by atoms with E-state index in [-0.39, 0.29) is 17.9 Å². The van der Waals surface area contributed by atoms with Gasteiger partial charge in [0.1, 0.15) is 0 Å². The van der Waals surface area contributed by atoms with Gasteiger partial charge in [0.2, 0.25) is 0 Å². The molecule has 0 aromatic carbocycles. The lowest BCUT2D eigenvalue weighted by Crippen LogP contribution is -2.14. The number of pyridine rings is 1. The van der Waals surface area contributed by atoms with Gasteiger partial charge in [0.25, 0.3) is 0 Å². The number of aromatic nitrogens is 3. The summed E-state index contributed by atoms with van der Waals surface area (Å²) in [5.74, 6) is 0.0357. The van der Waals surface area contributed by atoms with Crippen LogP contribution in [0.15, 0.2) is 22.9 Å². The predicted octanol–water partition coefficient (Wildman–Crippen LogP) is 2.92. The first-order valence-electron chi connectivity index (χ1n) is 5.74. The van der Waals surface area contributed by atoms with Crippen molar-refractivity contribution in [3.63, 3.8) is 0 Å². The minimum absolute atomic E-state index is 0.0357. The van der Waals surface area contributed by atoms with E-state index in [1.54, 1.807) is 12.3 Å². The second-order valence-electron chi connectivity index (χ2n) is 4.31. The molecule has 8 heteroatoms. The standard InChI is InChI=1S/C12H8BrF3N4/c13-7-1-6(2-17-3-7)11-19-9-5-18-4-8(9)10(20-11)12(14,15)16/h1-3,18H,4-5H2. The van der Waals surface area contributed by atoms with Gasteiger partial charge in [0.05, 0.1) is 5.69 Å². The monoisotopic (exact) mass is 344 g/mol. The molecule has 1 aliphatic rings. The van der Waals surface area contributed by atoms with Crippen LogP contribution in [0.25, 0.3) is 11.4 Å². The molecule has 0 saturated carbocycles. The zero-order valence-corrected chi connectivity index (χ0v) is 11.6. The minimum Gasteiger partial charge on any atom is -0.307 e. The van der Waals surface area contributed by atoms with Crippen LogP contribution in [0.2, 0.25) is 0 Å². The fraction of sp³-hybridized carbons (Fsp3) is 0.250. The largest absolute Gasteiger partial charge is 0.433 e. The summed E-state index contributed by atoms with van der Waals surface area (Å²) in [6.45, 7) is 0.455. The topological polar surface area (TPSA) is 50.7 Å². The summed E-state index contributed by atoms with van der Waals surface area (Å²) >= 11 is 3.23. The zero-order chi connectivity index (χ0) is 14.3. The summed E-state index contributed by atoms with van der Waals surface area (Å²) in [7, 11) is 0. The van der Waals surface area contributed by atoms with Crippen LogP contribution in [0.4, 0.5) is 13.2 Å². The first-order valence-corrected chi connectivity index (χ1v) is 6.53. The van der Waals surface area contributed by atoms with Crippen LogP contribution < -0.4 is 5.32 Å². The summed E-state index contributed by atoms with van der Waals surface area (Å²) in [6, 6.07) is 1.64. The van der Waals surface area contributed by atoms with Crippen LogP contribution in [-0.4, -0.2) is 15.0 Å². The van der Waals surface area contributed by atoms with Gasteiger partial charge in [0, 0.05) is 41.1 Å². The molecular formula is C12H8BrF3N4. The van der Waals surface area contributed by atoms with Crippen molar-refractivity contribution in [3.8, 4) is 11.4 Å². The Labute approximate surface area is 120 Å². The Morgan fingerprint density at radius 3 is 2.65 bits per heavy atom. The van der Waals surface area contributed by atoms with Gasteiger partial charge in [-0.3, -0.25) is 4.98 Å². The van der Waals surface area contributed by atoms with E-state index in [9.17, 15) is 13.2 Å². The summed E-state index contributed by atoms with van der Waals surface area (Å²) in [5, 5.41) is 2.86. The second-order valence-corrected chi connectivity index (χ2v) is 5.23. The Bertz CT molecular complexity index is 672. The zero-order valence-electron chi connectivity index (χ0n) is 10.00. The third kappa shape index (κ3) is 2.40. The van der Waals surface area contributed by atoms with Crippen LogP contribution in [0.1, 0.15) is 17.0 Å². The molecule has 0 amide bonds. The number of halogens is 4. The number of nitrogens with one attached hydrogen (secondary N) is 1. The van der Waals surface area contributed by atoms with Gasteiger partial charge >= 0.3 is 6.18 Å². The molecule has 104 valence electrons. The molecule has 1 aliphatic heterocycles. The van der Waals surface area contributed by atoms with Crippen molar-refractivity contribution in [3.05, 3.63) is 39.9 Å². The Kier molecular flexibility index (Phi) is 3.21. The summed E-state index contributed by atoms with van der Waals surface area (Å²) in [6.07, 6.45) is -1.51. The first-order chi connectivity index (χ1) is 9.45. The van der Waals surface area contributed by atoms with Gasteiger partial charge < -0.3 is 5.32 Å². The molecular weight excluding hydrogens is 337 g/mol. The lowest BCUT2D eigenvalue weighted by molar-refractivity contribution is -0.141. The lowest BCUT2D eigenvalue weighted by atomic mass is 10.1. The van der Waals surface area contributed by atoms with Gasteiger partial charge in [-0.1, -0.05) is 0 Å². The first kappa shape index (κ1) is 13.4. The summed E-state index contributed by atoms with van der Waals surface area (Å²) < 4.78 is 39.9. The van der Waals surface area contributed by atoms with E-state index in [1.807, 2.05) is 0 Å². The van der Waals surface area contributed by atoms with E-state index in [0.717, 1.165) is 0 Å². The maximum Gasteiger partial charge on any atom is 0.433 e. The van der Waals surface area contributed by atoms with Crippen LogP contribution in [0.3, 0.4) is 0 Å². The highest BCUT2D eigenvalue weighted by Crippen LogP contribution is 2.34. The normalized spacial score (nSPS) is 14.4. The van der Waals surface area contributed by atoms with Crippen molar-refractivity contribution in [1.82, 2.24) is 20.3 Å². The molecule has 0 saturated heterocycles. The van der Waals surface area contributed by atoms with Gasteiger partial charge in [-0.05, 0) is 22.0 Å². The Morgan fingerprint density at radius 1 is 1.15 bits per heavy atom. The van der Waals surface area contributed by atoms with Gasteiger partial charge in [-0.15, -0.1) is 0 Å². The van der Waals surface area contributed by atoms with E-state index >= 15 is 0 Å². The third-order valence-electron chi connectivity index (χ3n) is 2.92. The molecule has 0 atom stereocenters. The van der Waals surface area contributed by atoms with Crippen molar-refractivity contribution in [2.24, 2.45) is 0 Å². The average molecular weight is 345 g/mol. The number of hydrogen-bond acceptors (Lipinski definition) is 4. The molecule has 2 aromatic heterocycles. The average Bonchev–Trinajstić information content (AvgIpc) is 2.84. The fourth-order valence-electron chi connectivity index (χ4n) is 2.07. The molecule has 20 heavy (non-hydrogen) atoms. The molecule has 0 fully saturated rings. The molecule has 0 aliphatic carbocycles. The second kappa shape index (κ2) is 4.78. The number of fused-ring (bicyclic) bond motifs is 1.